The van der Waals surface area contributed by atoms with E-state index >= 15 is 0 Å². The number of hydrogen-bond donors (Lipinski definition) is 1. The summed E-state index contributed by atoms with van der Waals surface area (Å²) >= 11 is 0. The van der Waals surface area contributed by atoms with Crippen LogP contribution < -0.4 is 0 Å². The number of hydrogen-bond acceptors (Lipinski definition) is 3. The molecule has 1 aromatic carbocycles. The van der Waals surface area contributed by atoms with Crippen molar-refractivity contribution in [3.8, 4) is 0 Å². The summed E-state index contributed by atoms with van der Waals surface area (Å²) in [6.07, 6.45) is 5.99. The van der Waals surface area contributed by atoms with Gasteiger partial charge in [-0.15, -0.1) is 0 Å². The predicted molar refractivity (Wildman–Crippen MR) is 85.0 cm³/mol. The zero-order chi connectivity index (χ0) is 15.4. The first kappa shape index (κ1) is 14.2. The van der Waals surface area contributed by atoms with Gasteiger partial charge in [0.2, 0.25) is 0 Å². The van der Waals surface area contributed by atoms with Crippen LogP contribution in [0.15, 0.2) is 54.9 Å². The number of fused-ring (bicyclic) bond motifs is 1. The van der Waals surface area contributed by atoms with Crippen molar-refractivity contribution in [2.75, 3.05) is 0 Å². The van der Waals surface area contributed by atoms with Gasteiger partial charge in [-0.2, -0.15) is 0 Å². The van der Waals surface area contributed by atoms with Crippen molar-refractivity contribution in [1.82, 2.24) is 9.97 Å². The van der Waals surface area contributed by atoms with Crippen molar-refractivity contribution in [2.24, 2.45) is 0 Å². The average molecular weight is 292 g/mol. The molecule has 0 saturated heterocycles. The second-order valence-electron chi connectivity index (χ2n) is 5.23. The first-order chi connectivity index (χ1) is 10.7. The number of aromatic carboxylic acids is 1. The minimum absolute atomic E-state index is 0.293. The smallest absolute Gasteiger partial charge is 0.335 e. The van der Waals surface area contributed by atoms with Gasteiger partial charge in [0, 0.05) is 23.5 Å². The van der Waals surface area contributed by atoms with E-state index in [0.717, 1.165) is 35.9 Å². The maximum Gasteiger partial charge on any atom is 0.335 e. The zero-order valence-corrected chi connectivity index (χ0v) is 12.1. The number of aromatic nitrogens is 2. The molecule has 2 aromatic heterocycles. The summed E-state index contributed by atoms with van der Waals surface area (Å²) in [5, 5.41) is 10.1. The molecule has 0 amide bonds. The number of carbonyl (C=O) groups is 1. The number of nitrogens with zero attached hydrogens (tertiary/aromatic N) is 2. The molecule has 0 fully saturated rings. The second kappa shape index (κ2) is 6.35. The van der Waals surface area contributed by atoms with Gasteiger partial charge in [0.05, 0.1) is 11.1 Å². The van der Waals surface area contributed by atoms with Crippen LogP contribution in [0.5, 0.6) is 0 Å². The minimum Gasteiger partial charge on any atom is -0.478 e. The van der Waals surface area contributed by atoms with Gasteiger partial charge < -0.3 is 5.11 Å². The monoisotopic (exact) mass is 292 g/mol. The van der Waals surface area contributed by atoms with Gasteiger partial charge in [-0.05, 0) is 55.2 Å². The Balaban J connectivity index is 1.64. The van der Waals surface area contributed by atoms with Gasteiger partial charge in [0.25, 0.3) is 0 Å². The first-order valence-electron chi connectivity index (χ1n) is 7.24. The van der Waals surface area contributed by atoms with Crippen molar-refractivity contribution in [1.29, 1.82) is 0 Å². The summed E-state index contributed by atoms with van der Waals surface area (Å²) in [7, 11) is 0. The standard InChI is InChI=1S/C18H16N2O2/c21-18(22)15-8-10-19-16(12-15)5-1-3-13-6-7-17-14(11-13)4-2-9-20-17/h2,4,6-12H,1,3,5H2,(H,21,22). The maximum atomic E-state index is 10.9. The third-order valence-electron chi connectivity index (χ3n) is 3.63. The Bertz CT molecular complexity index is 815. The molecule has 3 rings (SSSR count). The molecule has 0 spiro atoms. The Morgan fingerprint density at radius 3 is 2.77 bits per heavy atom. The minimum atomic E-state index is -0.911. The van der Waals surface area contributed by atoms with E-state index in [4.69, 9.17) is 5.11 Å². The lowest BCUT2D eigenvalue weighted by Gasteiger charge is -2.04. The van der Waals surface area contributed by atoms with E-state index in [0.29, 0.717) is 5.56 Å². The topological polar surface area (TPSA) is 63.1 Å². The summed E-state index contributed by atoms with van der Waals surface area (Å²) in [6, 6.07) is 13.4. The molecule has 0 radical (unpaired) electrons. The van der Waals surface area contributed by atoms with E-state index in [2.05, 4.69) is 28.2 Å². The second-order valence-corrected chi connectivity index (χ2v) is 5.23. The highest BCUT2D eigenvalue weighted by atomic mass is 16.4. The molecule has 0 aliphatic carbocycles. The first-order valence-corrected chi connectivity index (χ1v) is 7.24. The molecule has 22 heavy (non-hydrogen) atoms. The number of carboxylic acids is 1. The van der Waals surface area contributed by atoms with Crippen molar-refractivity contribution < 1.29 is 9.90 Å². The average Bonchev–Trinajstić information content (AvgIpc) is 2.55. The summed E-state index contributed by atoms with van der Waals surface area (Å²) in [4.78, 5) is 19.5. The molecule has 0 unspecified atom stereocenters. The Morgan fingerprint density at radius 1 is 1.00 bits per heavy atom. The van der Waals surface area contributed by atoms with Crippen LogP contribution in [0.2, 0.25) is 0 Å². The molecule has 1 N–H and O–H groups in total. The Hall–Kier alpha value is -2.75. The van der Waals surface area contributed by atoms with Crippen LogP contribution in [0.3, 0.4) is 0 Å². The third-order valence-corrected chi connectivity index (χ3v) is 3.63. The van der Waals surface area contributed by atoms with Gasteiger partial charge in [0.1, 0.15) is 0 Å². The molecule has 0 aliphatic heterocycles. The molecule has 110 valence electrons. The highest BCUT2D eigenvalue weighted by Gasteiger charge is 2.04. The fourth-order valence-electron chi connectivity index (χ4n) is 2.50. The quantitative estimate of drug-likeness (QED) is 0.781. The molecular formula is C18H16N2O2. The van der Waals surface area contributed by atoms with E-state index in [9.17, 15) is 4.79 Å². The molecule has 4 nitrogen and oxygen atoms in total. The van der Waals surface area contributed by atoms with E-state index in [1.54, 1.807) is 18.5 Å². The van der Waals surface area contributed by atoms with Crippen molar-refractivity contribution in [3.05, 3.63) is 71.7 Å². The highest BCUT2D eigenvalue weighted by Crippen LogP contribution is 2.15. The van der Waals surface area contributed by atoms with Crippen LogP contribution in [-0.4, -0.2) is 21.0 Å². The number of aryl methyl sites for hydroxylation is 2. The number of rotatable bonds is 5. The number of pyridine rings is 2. The molecule has 4 heteroatoms. The van der Waals surface area contributed by atoms with Crippen LogP contribution in [0.1, 0.15) is 28.0 Å². The Labute approximate surface area is 128 Å². The number of benzene rings is 1. The molecule has 0 saturated carbocycles. The SMILES string of the molecule is O=C(O)c1ccnc(CCCc2ccc3ncccc3c2)c1. The van der Waals surface area contributed by atoms with Gasteiger partial charge in [-0.1, -0.05) is 12.1 Å². The molecule has 0 aliphatic rings. The predicted octanol–water partition coefficient (Wildman–Crippen LogP) is 3.50. The van der Waals surface area contributed by atoms with E-state index in [1.807, 2.05) is 12.1 Å². The maximum absolute atomic E-state index is 10.9. The number of carboxylic acid groups (broad SMARTS) is 1. The van der Waals surface area contributed by atoms with E-state index in [1.165, 1.54) is 11.6 Å². The summed E-state index contributed by atoms with van der Waals surface area (Å²) in [5.41, 5.74) is 3.38. The summed E-state index contributed by atoms with van der Waals surface area (Å²) in [6.45, 7) is 0. The Kier molecular flexibility index (Phi) is 4.10. The molecule has 2 heterocycles. The highest BCUT2D eigenvalue weighted by molar-refractivity contribution is 5.87. The summed E-state index contributed by atoms with van der Waals surface area (Å²) in [5.74, 6) is -0.911. The fourth-order valence-corrected chi connectivity index (χ4v) is 2.50. The normalized spacial score (nSPS) is 10.7. The van der Waals surface area contributed by atoms with Crippen molar-refractivity contribution >= 4 is 16.9 Å². The lowest BCUT2D eigenvalue weighted by atomic mass is 10.0. The zero-order valence-electron chi connectivity index (χ0n) is 12.1. The molecule has 0 atom stereocenters. The molecule has 0 bridgehead atoms. The fraction of sp³-hybridized carbons (Fsp3) is 0.167. The lowest BCUT2D eigenvalue weighted by Crippen LogP contribution is -2.00. The van der Waals surface area contributed by atoms with Gasteiger partial charge in [0.15, 0.2) is 0 Å². The van der Waals surface area contributed by atoms with Gasteiger partial charge in [-0.25, -0.2) is 4.79 Å². The third kappa shape index (κ3) is 3.28. The lowest BCUT2D eigenvalue weighted by molar-refractivity contribution is 0.0696. The van der Waals surface area contributed by atoms with Crippen LogP contribution in [0.25, 0.3) is 10.9 Å². The van der Waals surface area contributed by atoms with E-state index < -0.39 is 5.97 Å². The van der Waals surface area contributed by atoms with Crippen molar-refractivity contribution in [3.63, 3.8) is 0 Å². The van der Waals surface area contributed by atoms with Gasteiger partial charge >= 0.3 is 5.97 Å². The van der Waals surface area contributed by atoms with Crippen LogP contribution in [0.4, 0.5) is 0 Å². The van der Waals surface area contributed by atoms with Crippen LogP contribution in [-0.2, 0) is 12.8 Å². The molecule has 3 aromatic rings. The van der Waals surface area contributed by atoms with Crippen LogP contribution in [0, 0.1) is 0 Å². The Morgan fingerprint density at radius 2 is 1.91 bits per heavy atom. The summed E-state index contributed by atoms with van der Waals surface area (Å²) < 4.78 is 0. The van der Waals surface area contributed by atoms with Crippen molar-refractivity contribution in [2.45, 2.75) is 19.3 Å². The van der Waals surface area contributed by atoms with Gasteiger partial charge in [-0.3, -0.25) is 9.97 Å². The largest absolute Gasteiger partial charge is 0.478 e. The van der Waals surface area contributed by atoms with Crippen LogP contribution >= 0.6 is 0 Å². The van der Waals surface area contributed by atoms with E-state index in [-0.39, 0.29) is 0 Å². The molecular weight excluding hydrogens is 276 g/mol.